The molecule has 108 valence electrons. The Morgan fingerprint density at radius 2 is 2.20 bits per heavy atom. The van der Waals surface area contributed by atoms with Gasteiger partial charge in [0.05, 0.1) is 13.2 Å². The smallest absolute Gasteiger partial charge is 0.124 e. The number of rotatable bonds is 7. The number of methoxy groups -OCH3 is 1. The summed E-state index contributed by atoms with van der Waals surface area (Å²) < 4.78 is 5.30. The number of aliphatic hydroxyl groups is 1. The van der Waals surface area contributed by atoms with Crippen LogP contribution in [0.25, 0.3) is 0 Å². The molecule has 4 heteroatoms. The van der Waals surface area contributed by atoms with Crippen molar-refractivity contribution >= 4 is 11.3 Å². The molecule has 0 saturated heterocycles. The van der Waals surface area contributed by atoms with Crippen LogP contribution in [0.1, 0.15) is 22.8 Å². The number of aryl methyl sites for hydroxylation is 1. The number of nitrogens with one attached hydrogen (secondary N) is 1. The van der Waals surface area contributed by atoms with Gasteiger partial charge in [0.25, 0.3) is 0 Å². The lowest BCUT2D eigenvalue weighted by Gasteiger charge is -2.16. The molecule has 0 bridgehead atoms. The molecule has 0 aliphatic carbocycles. The van der Waals surface area contributed by atoms with Gasteiger partial charge in [-0.25, -0.2) is 0 Å². The van der Waals surface area contributed by atoms with E-state index in [1.165, 1.54) is 5.56 Å². The molecule has 1 unspecified atom stereocenters. The predicted molar refractivity (Wildman–Crippen MR) is 83.6 cm³/mol. The van der Waals surface area contributed by atoms with Gasteiger partial charge in [-0.3, -0.25) is 0 Å². The summed E-state index contributed by atoms with van der Waals surface area (Å²) in [6.45, 7) is 3.41. The van der Waals surface area contributed by atoms with Gasteiger partial charge in [-0.1, -0.05) is 11.6 Å². The fraction of sp³-hybridized carbons (Fsp3) is 0.375. The lowest BCUT2D eigenvalue weighted by atomic mass is 10.1. The van der Waals surface area contributed by atoms with Gasteiger partial charge in [-0.05, 0) is 54.4 Å². The van der Waals surface area contributed by atoms with E-state index in [-0.39, 0.29) is 0 Å². The van der Waals surface area contributed by atoms with E-state index in [1.54, 1.807) is 18.4 Å². The molecule has 2 rings (SSSR count). The average molecular weight is 291 g/mol. The summed E-state index contributed by atoms with van der Waals surface area (Å²) in [4.78, 5) is 0. The molecule has 0 fully saturated rings. The standard InChI is InChI=1S/C16H21NO2S/c1-12-3-4-16(19-2)14(9-12)15(18)10-17-7-5-13-6-8-20-11-13/h3-4,6,8-9,11,15,17-18H,5,7,10H2,1-2H3. The Hall–Kier alpha value is -1.36. The third-order valence-corrected chi connectivity index (χ3v) is 3.98. The molecule has 0 saturated carbocycles. The molecule has 0 aliphatic rings. The predicted octanol–water partition coefficient (Wildman–Crippen LogP) is 2.93. The Balaban J connectivity index is 1.85. The monoisotopic (exact) mass is 291 g/mol. The van der Waals surface area contributed by atoms with Gasteiger partial charge >= 0.3 is 0 Å². The van der Waals surface area contributed by atoms with Crippen LogP contribution >= 0.6 is 11.3 Å². The van der Waals surface area contributed by atoms with Crippen molar-refractivity contribution in [3.8, 4) is 5.75 Å². The van der Waals surface area contributed by atoms with Crippen molar-refractivity contribution in [3.05, 3.63) is 51.7 Å². The van der Waals surface area contributed by atoms with Crippen LogP contribution in [0.5, 0.6) is 5.75 Å². The van der Waals surface area contributed by atoms with Crippen LogP contribution < -0.4 is 10.1 Å². The van der Waals surface area contributed by atoms with Gasteiger partial charge in [-0.2, -0.15) is 11.3 Å². The molecule has 0 radical (unpaired) electrons. The SMILES string of the molecule is COc1ccc(C)cc1C(O)CNCCc1ccsc1. The molecule has 0 amide bonds. The van der Waals surface area contributed by atoms with Gasteiger partial charge in [0, 0.05) is 12.1 Å². The van der Waals surface area contributed by atoms with Crippen LogP contribution in [0.3, 0.4) is 0 Å². The highest BCUT2D eigenvalue weighted by Gasteiger charge is 2.12. The minimum Gasteiger partial charge on any atom is -0.496 e. The van der Waals surface area contributed by atoms with Crippen molar-refractivity contribution in [3.63, 3.8) is 0 Å². The fourth-order valence-electron chi connectivity index (χ4n) is 2.13. The first-order valence-corrected chi connectivity index (χ1v) is 7.69. The topological polar surface area (TPSA) is 41.5 Å². The first-order chi connectivity index (χ1) is 9.70. The Kier molecular flexibility index (Phi) is 5.59. The maximum atomic E-state index is 10.3. The largest absolute Gasteiger partial charge is 0.496 e. The van der Waals surface area contributed by atoms with Gasteiger partial charge in [0.15, 0.2) is 0 Å². The Morgan fingerprint density at radius 1 is 1.35 bits per heavy atom. The van der Waals surface area contributed by atoms with E-state index >= 15 is 0 Å². The van der Waals surface area contributed by atoms with Crippen molar-refractivity contribution in [1.29, 1.82) is 0 Å². The van der Waals surface area contributed by atoms with Crippen molar-refractivity contribution in [2.75, 3.05) is 20.2 Å². The highest BCUT2D eigenvalue weighted by molar-refractivity contribution is 7.07. The number of ether oxygens (including phenoxy) is 1. The number of hydrogen-bond donors (Lipinski definition) is 2. The van der Waals surface area contributed by atoms with Gasteiger partial charge in [-0.15, -0.1) is 0 Å². The molecule has 2 N–H and O–H groups in total. The summed E-state index contributed by atoms with van der Waals surface area (Å²) >= 11 is 1.71. The fourth-order valence-corrected chi connectivity index (χ4v) is 2.83. The Bertz CT molecular complexity index is 525. The Labute approximate surface area is 124 Å². The zero-order valence-electron chi connectivity index (χ0n) is 11.9. The molecule has 0 aliphatic heterocycles. The van der Waals surface area contributed by atoms with Crippen LogP contribution in [0.4, 0.5) is 0 Å². The Morgan fingerprint density at radius 3 is 2.90 bits per heavy atom. The van der Waals surface area contributed by atoms with Crippen LogP contribution in [0.15, 0.2) is 35.0 Å². The van der Waals surface area contributed by atoms with Crippen LogP contribution in [0.2, 0.25) is 0 Å². The van der Waals surface area contributed by atoms with Crippen LogP contribution in [-0.2, 0) is 6.42 Å². The van der Waals surface area contributed by atoms with Crippen molar-refractivity contribution in [2.24, 2.45) is 0 Å². The maximum absolute atomic E-state index is 10.3. The number of hydrogen-bond acceptors (Lipinski definition) is 4. The van der Waals surface area contributed by atoms with E-state index in [4.69, 9.17) is 4.74 Å². The summed E-state index contributed by atoms with van der Waals surface area (Å²) in [6, 6.07) is 7.99. The van der Waals surface area contributed by atoms with Gasteiger partial charge in [0.1, 0.15) is 5.75 Å². The summed E-state index contributed by atoms with van der Waals surface area (Å²) in [7, 11) is 1.63. The van der Waals surface area contributed by atoms with Gasteiger partial charge < -0.3 is 15.2 Å². The van der Waals surface area contributed by atoms with Crippen molar-refractivity contribution < 1.29 is 9.84 Å². The molecule has 20 heavy (non-hydrogen) atoms. The molecule has 3 nitrogen and oxygen atoms in total. The molecule has 1 aromatic carbocycles. The lowest BCUT2D eigenvalue weighted by molar-refractivity contribution is 0.171. The average Bonchev–Trinajstić information content (AvgIpc) is 2.96. The van der Waals surface area contributed by atoms with E-state index in [2.05, 4.69) is 22.1 Å². The van der Waals surface area contributed by atoms with E-state index in [0.717, 1.165) is 29.8 Å². The summed E-state index contributed by atoms with van der Waals surface area (Å²) in [5.41, 5.74) is 3.30. The van der Waals surface area contributed by atoms with E-state index in [0.29, 0.717) is 6.54 Å². The molecular formula is C16H21NO2S. The van der Waals surface area contributed by atoms with Crippen molar-refractivity contribution in [1.82, 2.24) is 5.32 Å². The minimum absolute atomic E-state index is 0.532. The molecule has 1 aromatic heterocycles. The number of thiophene rings is 1. The minimum atomic E-state index is -0.549. The first-order valence-electron chi connectivity index (χ1n) is 6.75. The van der Waals surface area contributed by atoms with Crippen LogP contribution in [-0.4, -0.2) is 25.3 Å². The quantitative estimate of drug-likeness (QED) is 0.771. The van der Waals surface area contributed by atoms with Crippen molar-refractivity contribution in [2.45, 2.75) is 19.4 Å². The summed E-state index contributed by atoms with van der Waals surface area (Å²) in [5.74, 6) is 0.739. The second-order valence-electron chi connectivity index (χ2n) is 4.85. The molecular weight excluding hydrogens is 270 g/mol. The molecule has 1 atom stereocenters. The summed E-state index contributed by atoms with van der Waals surface area (Å²) in [6.07, 6.45) is 0.439. The van der Waals surface area contributed by atoms with E-state index < -0.39 is 6.10 Å². The van der Waals surface area contributed by atoms with E-state index in [1.807, 2.05) is 25.1 Å². The zero-order valence-corrected chi connectivity index (χ0v) is 12.7. The maximum Gasteiger partial charge on any atom is 0.124 e. The third kappa shape index (κ3) is 4.07. The lowest BCUT2D eigenvalue weighted by Crippen LogP contribution is -2.24. The van der Waals surface area contributed by atoms with Crippen LogP contribution in [0, 0.1) is 6.92 Å². The second kappa shape index (κ2) is 7.43. The summed E-state index contributed by atoms with van der Waals surface area (Å²) in [5, 5.41) is 17.8. The highest BCUT2D eigenvalue weighted by atomic mass is 32.1. The zero-order chi connectivity index (χ0) is 14.4. The molecule has 1 heterocycles. The number of aliphatic hydroxyl groups excluding tert-OH is 1. The third-order valence-electron chi connectivity index (χ3n) is 3.25. The normalized spacial score (nSPS) is 12.3. The second-order valence-corrected chi connectivity index (χ2v) is 5.63. The molecule has 2 aromatic rings. The molecule has 0 spiro atoms. The first kappa shape index (κ1) is 15.0. The van der Waals surface area contributed by atoms with Gasteiger partial charge in [0.2, 0.25) is 0 Å². The van der Waals surface area contributed by atoms with E-state index in [9.17, 15) is 5.11 Å². The highest BCUT2D eigenvalue weighted by Crippen LogP contribution is 2.25. The number of benzene rings is 1.